The summed E-state index contributed by atoms with van der Waals surface area (Å²) in [4.78, 5) is 28.4. The predicted octanol–water partition coefficient (Wildman–Crippen LogP) is 5.08. The van der Waals surface area contributed by atoms with Crippen molar-refractivity contribution in [2.45, 2.75) is 45.1 Å². The maximum absolute atomic E-state index is 13.8. The van der Waals surface area contributed by atoms with Crippen molar-refractivity contribution >= 4 is 39.1 Å². The first-order valence-corrected chi connectivity index (χ1v) is 14.8. The van der Waals surface area contributed by atoms with Crippen molar-refractivity contribution in [1.82, 2.24) is 10.2 Å². The number of nitrogens with one attached hydrogen (secondary N) is 1. The van der Waals surface area contributed by atoms with Crippen molar-refractivity contribution < 1.29 is 18.0 Å². The van der Waals surface area contributed by atoms with Crippen molar-refractivity contribution in [3.63, 3.8) is 0 Å². The van der Waals surface area contributed by atoms with Gasteiger partial charge < -0.3 is 10.2 Å². The topological polar surface area (TPSA) is 86.8 Å². The van der Waals surface area contributed by atoms with Gasteiger partial charge in [0.15, 0.2) is 0 Å². The highest BCUT2D eigenvalue weighted by Gasteiger charge is 2.32. The van der Waals surface area contributed by atoms with E-state index in [1.54, 1.807) is 43.3 Å². The molecule has 3 rings (SSSR count). The van der Waals surface area contributed by atoms with E-state index in [0.29, 0.717) is 23.7 Å². The van der Waals surface area contributed by atoms with Crippen LogP contribution >= 0.6 is 11.6 Å². The van der Waals surface area contributed by atoms with Crippen molar-refractivity contribution in [2.75, 3.05) is 23.9 Å². The Hall–Kier alpha value is -3.36. The van der Waals surface area contributed by atoms with Gasteiger partial charge in [-0.05, 0) is 68.1 Å². The number of anilines is 1. The van der Waals surface area contributed by atoms with Crippen molar-refractivity contribution in [3.8, 4) is 0 Å². The molecule has 2 amide bonds. The first-order valence-electron chi connectivity index (χ1n) is 12.9. The molecule has 1 N–H and O–H groups in total. The second kappa shape index (κ2) is 13.6. The molecule has 1 unspecified atom stereocenters. The van der Waals surface area contributed by atoms with E-state index in [-0.39, 0.29) is 23.3 Å². The van der Waals surface area contributed by atoms with Crippen LogP contribution in [0.5, 0.6) is 0 Å². The molecule has 0 bridgehead atoms. The second-order valence-electron chi connectivity index (χ2n) is 9.94. The van der Waals surface area contributed by atoms with Crippen LogP contribution in [0, 0.1) is 12.8 Å². The maximum Gasteiger partial charge on any atom is 0.264 e. The molecule has 7 nitrogen and oxygen atoms in total. The summed E-state index contributed by atoms with van der Waals surface area (Å²) in [6, 6.07) is 21.6. The van der Waals surface area contributed by atoms with E-state index in [0.717, 1.165) is 15.4 Å². The molecule has 208 valence electrons. The van der Waals surface area contributed by atoms with Crippen LogP contribution < -0.4 is 9.62 Å². The van der Waals surface area contributed by atoms with Gasteiger partial charge in [0.05, 0.1) is 10.6 Å². The molecule has 0 heterocycles. The first-order chi connectivity index (χ1) is 18.5. The summed E-state index contributed by atoms with van der Waals surface area (Å²) in [6.45, 7) is 7.76. The van der Waals surface area contributed by atoms with Crippen LogP contribution in [-0.2, 0) is 26.0 Å². The maximum atomic E-state index is 13.8. The molecule has 0 aliphatic heterocycles. The number of benzene rings is 3. The summed E-state index contributed by atoms with van der Waals surface area (Å²) in [5, 5.41) is 3.33. The van der Waals surface area contributed by atoms with E-state index in [1.165, 1.54) is 17.0 Å². The van der Waals surface area contributed by atoms with Crippen molar-refractivity contribution in [1.29, 1.82) is 0 Å². The SMILES string of the molecule is Cc1ccc(S(=O)(=O)N(CC(=O)N(CCc2ccccc2)C(C)C(=O)NCC(C)C)c2ccc(Cl)cc2)cc1. The number of halogens is 1. The summed E-state index contributed by atoms with van der Waals surface area (Å²) in [6.07, 6.45) is 0.514. The molecule has 0 aliphatic carbocycles. The standard InChI is InChI=1S/C30H36ClN3O4S/c1-22(2)20-32-30(36)24(4)33(19-18-25-8-6-5-7-9-25)29(35)21-34(27-14-12-26(31)13-15-27)39(37,38)28-16-10-23(3)11-17-28/h5-17,22,24H,18-21H2,1-4H3,(H,32,36). The molecule has 0 radical (unpaired) electrons. The van der Waals surface area contributed by atoms with E-state index in [2.05, 4.69) is 5.32 Å². The highest BCUT2D eigenvalue weighted by molar-refractivity contribution is 7.92. The molecule has 0 fully saturated rings. The molecular weight excluding hydrogens is 534 g/mol. The van der Waals surface area contributed by atoms with E-state index >= 15 is 0 Å². The van der Waals surface area contributed by atoms with Gasteiger partial charge in [-0.2, -0.15) is 0 Å². The zero-order chi connectivity index (χ0) is 28.6. The summed E-state index contributed by atoms with van der Waals surface area (Å²) >= 11 is 6.06. The lowest BCUT2D eigenvalue weighted by atomic mass is 10.1. The minimum absolute atomic E-state index is 0.0643. The van der Waals surface area contributed by atoms with Gasteiger partial charge in [-0.15, -0.1) is 0 Å². The van der Waals surface area contributed by atoms with Gasteiger partial charge in [-0.3, -0.25) is 13.9 Å². The summed E-state index contributed by atoms with van der Waals surface area (Å²) in [5.41, 5.74) is 2.22. The van der Waals surface area contributed by atoms with Crippen LogP contribution in [0.3, 0.4) is 0 Å². The molecule has 0 aromatic heterocycles. The predicted molar refractivity (Wildman–Crippen MR) is 156 cm³/mol. The van der Waals surface area contributed by atoms with Crippen LogP contribution in [0.15, 0.2) is 83.8 Å². The summed E-state index contributed by atoms with van der Waals surface area (Å²) in [7, 11) is -4.10. The van der Waals surface area contributed by atoms with Gasteiger partial charge in [0.2, 0.25) is 11.8 Å². The molecule has 0 saturated carbocycles. The number of rotatable bonds is 12. The molecular formula is C30H36ClN3O4S. The van der Waals surface area contributed by atoms with Crippen LogP contribution in [0.1, 0.15) is 31.9 Å². The monoisotopic (exact) mass is 569 g/mol. The van der Waals surface area contributed by atoms with Crippen molar-refractivity contribution in [3.05, 3.63) is 95.0 Å². The third kappa shape index (κ3) is 8.31. The lowest BCUT2D eigenvalue weighted by Crippen LogP contribution is -2.52. The molecule has 3 aromatic rings. The minimum Gasteiger partial charge on any atom is -0.354 e. The summed E-state index contributed by atoms with van der Waals surface area (Å²) < 4.78 is 28.7. The van der Waals surface area contributed by atoms with Gasteiger partial charge in [-0.1, -0.05) is 73.5 Å². The Kier molecular flexibility index (Phi) is 10.5. The van der Waals surface area contributed by atoms with Crippen LogP contribution in [-0.4, -0.2) is 50.8 Å². The Morgan fingerprint density at radius 1 is 0.897 bits per heavy atom. The Labute approximate surface area is 236 Å². The molecule has 0 spiro atoms. The van der Waals surface area contributed by atoms with Gasteiger partial charge in [-0.25, -0.2) is 8.42 Å². The van der Waals surface area contributed by atoms with Gasteiger partial charge >= 0.3 is 0 Å². The lowest BCUT2D eigenvalue weighted by molar-refractivity contribution is -0.138. The highest BCUT2D eigenvalue weighted by Crippen LogP contribution is 2.26. The zero-order valence-corrected chi connectivity index (χ0v) is 24.4. The Morgan fingerprint density at radius 2 is 1.51 bits per heavy atom. The second-order valence-corrected chi connectivity index (χ2v) is 12.2. The highest BCUT2D eigenvalue weighted by atomic mass is 35.5. The van der Waals surface area contributed by atoms with Crippen LogP contribution in [0.4, 0.5) is 5.69 Å². The van der Waals surface area contributed by atoms with Gasteiger partial charge in [0.1, 0.15) is 12.6 Å². The molecule has 0 saturated heterocycles. The largest absolute Gasteiger partial charge is 0.354 e. The third-order valence-corrected chi connectivity index (χ3v) is 8.38. The molecule has 9 heteroatoms. The number of sulfonamides is 1. The van der Waals surface area contributed by atoms with Crippen LogP contribution in [0.2, 0.25) is 5.02 Å². The van der Waals surface area contributed by atoms with Crippen molar-refractivity contribution in [2.24, 2.45) is 5.92 Å². The number of aryl methyl sites for hydroxylation is 1. The normalized spacial score (nSPS) is 12.2. The lowest BCUT2D eigenvalue weighted by Gasteiger charge is -2.32. The number of amides is 2. The summed E-state index contributed by atoms with van der Waals surface area (Å²) in [5.74, 6) is -0.525. The van der Waals surface area contributed by atoms with E-state index < -0.39 is 28.5 Å². The molecule has 0 aliphatic rings. The fourth-order valence-corrected chi connectivity index (χ4v) is 5.54. The fourth-order valence-electron chi connectivity index (χ4n) is 4.00. The quantitative estimate of drug-likeness (QED) is 0.330. The minimum atomic E-state index is -4.10. The first kappa shape index (κ1) is 30.2. The van der Waals surface area contributed by atoms with E-state index in [1.807, 2.05) is 51.1 Å². The number of carbonyl (C=O) groups excluding carboxylic acids is 2. The average Bonchev–Trinajstić information content (AvgIpc) is 2.91. The van der Waals surface area contributed by atoms with Gasteiger partial charge in [0, 0.05) is 18.1 Å². The van der Waals surface area contributed by atoms with E-state index in [9.17, 15) is 18.0 Å². The number of hydrogen-bond donors (Lipinski definition) is 1. The molecule has 3 aromatic carbocycles. The Balaban J connectivity index is 1.95. The Bertz CT molecular complexity index is 1350. The Morgan fingerprint density at radius 3 is 2.10 bits per heavy atom. The zero-order valence-electron chi connectivity index (χ0n) is 22.8. The molecule has 39 heavy (non-hydrogen) atoms. The van der Waals surface area contributed by atoms with Gasteiger partial charge in [0.25, 0.3) is 10.0 Å². The smallest absolute Gasteiger partial charge is 0.264 e. The average molecular weight is 570 g/mol. The van der Waals surface area contributed by atoms with Crippen LogP contribution in [0.25, 0.3) is 0 Å². The number of carbonyl (C=O) groups is 2. The third-order valence-electron chi connectivity index (χ3n) is 6.34. The van der Waals surface area contributed by atoms with E-state index in [4.69, 9.17) is 11.6 Å². The molecule has 1 atom stereocenters. The number of nitrogens with zero attached hydrogens (tertiary/aromatic N) is 2. The fraction of sp³-hybridized carbons (Fsp3) is 0.333. The number of hydrogen-bond acceptors (Lipinski definition) is 4.